The third-order valence-electron chi connectivity index (χ3n) is 4.57. The molecule has 21 heavy (non-hydrogen) atoms. The van der Waals surface area contributed by atoms with Crippen LogP contribution in [0, 0.1) is 0 Å². The van der Waals surface area contributed by atoms with Crippen molar-refractivity contribution in [3.8, 4) is 0 Å². The molecule has 1 saturated carbocycles. The summed E-state index contributed by atoms with van der Waals surface area (Å²) in [5.41, 5.74) is 0. The summed E-state index contributed by atoms with van der Waals surface area (Å²) in [5, 5.41) is 3.32. The van der Waals surface area contributed by atoms with Crippen molar-refractivity contribution in [2.45, 2.75) is 56.8 Å². The van der Waals surface area contributed by atoms with E-state index in [1.165, 1.54) is 4.31 Å². The number of amides is 1. The van der Waals surface area contributed by atoms with Gasteiger partial charge in [-0.1, -0.05) is 0 Å². The molecule has 2 heterocycles. The van der Waals surface area contributed by atoms with Crippen LogP contribution in [0.3, 0.4) is 0 Å². The van der Waals surface area contributed by atoms with Crippen molar-refractivity contribution in [3.05, 3.63) is 0 Å². The first-order valence-electron chi connectivity index (χ1n) is 7.73. The Balaban J connectivity index is 1.50. The average Bonchev–Trinajstić information content (AvgIpc) is 2.74. The van der Waals surface area contributed by atoms with E-state index in [9.17, 15) is 13.2 Å². The normalized spacial score (nSPS) is 34.8. The summed E-state index contributed by atoms with van der Waals surface area (Å²) >= 11 is 0. The highest BCUT2D eigenvalue weighted by Crippen LogP contribution is 2.29. The van der Waals surface area contributed by atoms with Gasteiger partial charge in [0.25, 0.3) is 0 Å². The second-order valence-corrected chi connectivity index (χ2v) is 7.71. The number of nitrogens with zero attached hydrogens (tertiary/aromatic N) is 1. The van der Waals surface area contributed by atoms with Crippen LogP contribution in [0.2, 0.25) is 0 Å². The summed E-state index contributed by atoms with van der Waals surface area (Å²) in [6.07, 6.45) is 5.96. The Bertz CT molecular complexity index is 482. The predicted molar refractivity (Wildman–Crippen MR) is 76.8 cm³/mol. The molecular formula is C13H23N3O4S. The van der Waals surface area contributed by atoms with Gasteiger partial charge in [0.05, 0.1) is 18.8 Å². The maximum absolute atomic E-state index is 11.8. The van der Waals surface area contributed by atoms with Gasteiger partial charge in [0.2, 0.25) is 5.91 Å². The van der Waals surface area contributed by atoms with Gasteiger partial charge in [-0.05, 0) is 51.6 Å². The van der Waals surface area contributed by atoms with Crippen molar-refractivity contribution in [1.82, 2.24) is 14.3 Å². The Morgan fingerprint density at radius 2 is 1.62 bits per heavy atom. The molecule has 2 aliphatic heterocycles. The number of nitrogens with one attached hydrogen (secondary N) is 2. The molecule has 3 fully saturated rings. The molecule has 1 amide bonds. The lowest BCUT2D eigenvalue weighted by molar-refractivity contribution is -0.118. The first-order valence-corrected chi connectivity index (χ1v) is 9.17. The molecule has 2 saturated heterocycles. The molecule has 1 aliphatic carbocycles. The molecular weight excluding hydrogens is 294 g/mol. The van der Waals surface area contributed by atoms with E-state index in [1.54, 1.807) is 0 Å². The standard InChI is InChI=1S/C13H23N3O4S/c17-13-9-16(21(18,19)15-13)10-1-3-11(4-2-10)20-12-5-7-14-8-6-12/h10-12,14H,1-9H2,(H,15,17)/t10-,11-. The van der Waals surface area contributed by atoms with Gasteiger partial charge < -0.3 is 10.1 Å². The quantitative estimate of drug-likeness (QED) is 0.749. The number of rotatable bonds is 3. The maximum Gasteiger partial charge on any atom is 0.304 e. The van der Waals surface area contributed by atoms with Crippen LogP contribution >= 0.6 is 0 Å². The summed E-state index contributed by atoms with van der Waals surface area (Å²) < 4.78 is 33.1. The van der Waals surface area contributed by atoms with Crippen LogP contribution in [0.15, 0.2) is 0 Å². The number of piperidine rings is 1. The minimum absolute atomic E-state index is 0.0349. The molecule has 0 unspecified atom stereocenters. The monoisotopic (exact) mass is 317 g/mol. The first-order chi connectivity index (χ1) is 10.0. The SMILES string of the molecule is O=C1CN([C@H]2CC[C@H](OC3CCNCC3)CC2)S(=O)(=O)N1. The molecule has 2 N–H and O–H groups in total. The summed E-state index contributed by atoms with van der Waals surface area (Å²) in [6.45, 7) is 1.99. The zero-order valence-electron chi connectivity index (χ0n) is 12.1. The summed E-state index contributed by atoms with van der Waals surface area (Å²) in [7, 11) is -3.60. The highest BCUT2D eigenvalue weighted by atomic mass is 32.2. The van der Waals surface area contributed by atoms with Crippen molar-refractivity contribution in [3.63, 3.8) is 0 Å². The predicted octanol–water partition coefficient (Wildman–Crippen LogP) is -0.257. The summed E-state index contributed by atoms with van der Waals surface area (Å²) in [6, 6.07) is -0.0678. The number of hydrogen-bond acceptors (Lipinski definition) is 5. The van der Waals surface area contributed by atoms with Gasteiger partial charge in [0, 0.05) is 6.04 Å². The zero-order chi connectivity index (χ0) is 14.9. The molecule has 0 aromatic carbocycles. The van der Waals surface area contributed by atoms with Crippen LogP contribution < -0.4 is 10.0 Å². The Morgan fingerprint density at radius 3 is 2.19 bits per heavy atom. The van der Waals surface area contributed by atoms with Gasteiger partial charge in [-0.25, -0.2) is 4.72 Å². The van der Waals surface area contributed by atoms with Crippen LogP contribution in [-0.4, -0.2) is 56.5 Å². The molecule has 120 valence electrons. The lowest BCUT2D eigenvalue weighted by atomic mass is 9.92. The van der Waals surface area contributed by atoms with Crippen molar-refractivity contribution in [2.75, 3.05) is 19.6 Å². The Labute approximate surface area is 125 Å². The first kappa shape index (κ1) is 15.2. The fourth-order valence-electron chi connectivity index (χ4n) is 3.46. The Morgan fingerprint density at radius 1 is 1.00 bits per heavy atom. The minimum atomic E-state index is -3.60. The average molecular weight is 317 g/mol. The number of hydrogen-bond donors (Lipinski definition) is 2. The molecule has 8 heteroatoms. The molecule has 0 radical (unpaired) electrons. The van der Waals surface area contributed by atoms with Crippen LogP contribution in [0.5, 0.6) is 0 Å². The van der Waals surface area contributed by atoms with Gasteiger partial charge >= 0.3 is 10.2 Å². The summed E-state index contributed by atoms with van der Waals surface area (Å²) in [4.78, 5) is 11.3. The highest BCUT2D eigenvalue weighted by Gasteiger charge is 2.40. The van der Waals surface area contributed by atoms with E-state index in [-0.39, 0.29) is 18.7 Å². The van der Waals surface area contributed by atoms with E-state index in [0.717, 1.165) is 51.6 Å². The third kappa shape index (κ3) is 3.56. The van der Waals surface area contributed by atoms with E-state index < -0.39 is 16.1 Å². The highest BCUT2D eigenvalue weighted by molar-refractivity contribution is 7.88. The Kier molecular flexibility index (Phi) is 4.49. The lowest BCUT2D eigenvalue weighted by Gasteiger charge is -2.35. The molecule has 0 spiro atoms. The topological polar surface area (TPSA) is 87.7 Å². The van der Waals surface area contributed by atoms with Crippen LogP contribution in [0.1, 0.15) is 38.5 Å². The number of ether oxygens (including phenoxy) is 1. The van der Waals surface area contributed by atoms with E-state index in [1.807, 2.05) is 4.72 Å². The fraction of sp³-hybridized carbons (Fsp3) is 0.923. The molecule has 3 aliphatic rings. The molecule has 0 aromatic rings. The van der Waals surface area contributed by atoms with Gasteiger partial charge in [-0.15, -0.1) is 0 Å². The number of carbonyl (C=O) groups excluding carboxylic acids is 1. The van der Waals surface area contributed by atoms with Crippen molar-refractivity contribution in [1.29, 1.82) is 0 Å². The molecule has 0 atom stereocenters. The van der Waals surface area contributed by atoms with Crippen molar-refractivity contribution >= 4 is 16.1 Å². The van der Waals surface area contributed by atoms with Crippen LogP contribution in [-0.2, 0) is 19.7 Å². The second kappa shape index (κ2) is 6.20. The maximum atomic E-state index is 11.8. The van der Waals surface area contributed by atoms with E-state index in [4.69, 9.17) is 4.74 Å². The van der Waals surface area contributed by atoms with Crippen LogP contribution in [0.4, 0.5) is 0 Å². The van der Waals surface area contributed by atoms with E-state index >= 15 is 0 Å². The van der Waals surface area contributed by atoms with Gasteiger partial charge in [0.15, 0.2) is 0 Å². The fourth-order valence-corrected chi connectivity index (χ4v) is 4.82. The zero-order valence-corrected chi connectivity index (χ0v) is 12.9. The lowest BCUT2D eigenvalue weighted by Crippen LogP contribution is -2.43. The third-order valence-corrected chi connectivity index (χ3v) is 6.10. The second-order valence-electron chi connectivity index (χ2n) is 6.09. The largest absolute Gasteiger partial charge is 0.375 e. The Hall–Kier alpha value is -0.700. The van der Waals surface area contributed by atoms with Gasteiger partial charge in [-0.2, -0.15) is 12.7 Å². The van der Waals surface area contributed by atoms with E-state index in [0.29, 0.717) is 6.10 Å². The van der Waals surface area contributed by atoms with Gasteiger partial charge in [0.1, 0.15) is 0 Å². The molecule has 3 rings (SSSR count). The van der Waals surface area contributed by atoms with E-state index in [2.05, 4.69) is 5.32 Å². The summed E-state index contributed by atoms with van der Waals surface area (Å²) in [5.74, 6) is -0.428. The van der Waals surface area contributed by atoms with Crippen molar-refractivity contribution < 1.29 is 17.9 Å². The molecule has 7 nitrogen and oxygen atoms in total. The van der Waals surface area contributed by atoms with Gasteiger partial charge in [-0.3, -0.25) is 4.79 Å². The minimum Gasteiger partial charge on any atom is -0.375 e. The molecule has 0 aromatic heterocycles. The van der Waals surface area contributed by atoms with Crippen molar-refractivity contribution in [2.24, 2.45) is 0 Å². The molecule has 0 bridgehead atoms. The smallest absolute Gasteiger partial charge is 0.304 e. The van der Waals surface area contributed by atoms with Crippen LogP contribution in [0.25, 0.3) is 0 Å². The number of carbonyl (C=O) groups is 1.